The Kier molecular flexibility index (Phi) is 4.42. The van der Waals surface area contributed by atoms with Crippen LogP contribution in [-0.4, -0.2) is 7.05 Å². The third-order valence-corrected chi connectivity index (χ3v) is 4.79. The molecule has 2 rings (SSSR count). The maximum atomic E-state index is 3.53. The SMILES string of the molecule is CCC1CCCC(C(NC)c2ccsc2)C1. The molecule has 0 bridgehead atoms. The molecule has 1 fully saturated rings. The summed E-state index contributed by atoms with van der Waals surface area (Å²) in [6, 6.07) is 2.86. The van der Waals surface area contributed by atoms with Crippen LogP contribution in [0.1, 0.15) is 50.6 Å². The minimum absolute atomic E-state index is 0.584. The molecule has 1 aromatic rings. The van der Waals surface area contributed by atoms with Crippen LogP contribution in [0.5, 0.6) is 0 Å². The molecule has 3 unspecified atom stereocenters. The highest BCUT2D eigenvalue weighted by atomic mass is 32.1. The van der Waals surface area contributed by atoms with Gasteiger partial charge in [0.25, 0.3) is 0 Å². The number of hydrogen-bond donors (Lipinski definition) is 1. The predicted octanol–water partition coefficient (Wildman–Crippen LogP) is 4.23. The molecular weight excluding hydrogens is 214 g/mol. The van der Waals surface area contributed by atoms with Crippen LogP contribution in [0.3, 0.4) is 0 Å². The molecule has 1 heterocycles. The van der Waals surface area contributed by atoms with Crippen molar-refractivity contribution >= 4 is 11.3 Å². The van der Waals surface area contributed by atoms with Crippen molar-refractivity contribution in [2.45, 2.75) is 45.1 Å². The standard InChI is InChI=1S/C14H23NS/c1-3-11-5-4-6-12(9-11)14(15-2)13-7-8-16-10-13/h7-8,10-12,14-15H,3-6,9H2,1-2H3. The summed E-state index contributed by atoms with van der Waals surface area (Å²) in [4.78, 5) is 0. The van der Waals surface area contributed by atoms with Gasteiger partial charge >= 0.3 is 0 Å². The van der Waals surface area contributed by atoms with E-state index in [1.807, 2.05) is 11.3 Å². The number of hydrogen-bond acceptors (Lipinski definition) is 2. The lowest BCUT2D eigenvalue weighted by Crippen LogP contribution is -2.29. The maximum Gasteiger partial charge on any atom is 0.0354 e. The predicted molar refractivity (Wildman–Crippen MR) is 71.9 cm³/mol. The van der Waals surface area contributed by atoms with Gasteiger partial charge in [-0.1, -0.05) is 26.2 Å². The van der Waals surface area contributed by atoms with E-state index in [0.29, 0.717) is 6.04 Å². The van der Waals surface area contributed by atoms with Gasteiger partial charge in [-0.25, -0.2) is 0 Å². The average Bonchev–Trinajstić information content (AvgIpc) is 2.84. The molecule has 0 amide bonds. The molecule has 0 radical (unpaired) electrons. The summed E-state index contributed by atoms with van der Waals surface area (Å²) >= 11 is 1.81. The summed E-state index contributed by atoms with van der Waals surface area (Å²) in [5.41, 5.74) is 1.49. The van der Waals surface area contributed by atoms with E-state index in [9.17, 15) is 0 Å². The first kappa shape index (κ1) is 12.1. The van der Waals surface area contributed by atoms with Crippen molar-refractivity contribution in [3.63, 3.8) is 0 Å². The zero-order chi connectivity index (χ0) is 11.4. The zero-order valence-corrected chi connectivity index (χ0v) is 11.2. The van der Waals surface area contributed by atoms with Crippen LogP contribution in [-0.2, 0) is 0 Å². The van der Waals surface area contributed by atoms with Crippen LogP contribution in [0.15, 0.2) is 16.8 Å². The van der Waals surface area contributed by atoms with Crippen LogP contribution >= 0.6 is 11.3 Å². The van der Waals surface area contributed by atoms with Crippen molar-refractivity contribution < 1.29 is 0 Å². The highest BCUT2D eigenvalue weighted by molar-refractivity contribution is 7.07. The third kappa shape index (κ3) is 2.67. The molecule has 90 valence electrons. The van der Waals surface area contributed by atoms with E-state index in [2.05, 4.69) is 36.1 Å². The second-order valence-electron chi connectivity index (χ2n) is 5.02. The summed E-state index contributed by atoms with van der Waals surface area (Å²) in [6.07, 6.45) is 7.05. The van der Waals surface area contributed by atoms with E-state index in [4.69, 9.17) is 0 Å². The molecule has 2 heteroatoms. The Morgan fingerprint density at radius 1 is 1.50 bits per heavy atom. The van der Waals surface area contributed by atoms with Gasteiger partial charge < -0.3 is 5.32 Å². The fraction of sp³-hybridized carbons (Fsp3) is 0.714. The van der Waals surface area contributed by atoms with Crippen LogP contribution < -0.4 is 5.32 Å². The normalized spacial score (nSPS) is 27.9. The summed E-state index contributed by atoms with van der Waals surface area (Å²) in [6.45, 7) is 2.34. The number of thiophene rings is 1. The molecular formula is C14H23NS. The zero-order valence-electron chi connectivity index (χ0n) is 10.4. The minimum Gasteiger partial charge on any atom is -0.313 e. The molecule has 0 spiro atoms. The van der Waals surface area contributed by atoms with E-state index in [1.54, 1.807) is 0 Å². The van der Waals surface area contributed by atoms with Crippen LogP contribution in [0.2, 0.25) is 0 Å². The summed E-state index contributed by atoms with van der Waals surface area (Å²) < 4.78 is 0. The fourth-order valence-electron chi connectivity index (χ4n) is 3.13. The molecule has 1 N–H and O–H groups in total. The molecule has 1 aliphatic rings. The van der Waals surface area contributed by atoms with Gasteiger partial charge in [0, 0.05) is 6.04 Å². The quantitative estimate of drug-likeness (QED) is 0.826. The van der Waals surface area contributed by atoms with Crippen molar-refractivity contribution in [1.82, 2.24) is 5.32 Å². The van der Waals surface area contributed by atoms with Crippen molar-refractivity contribution in [3.8, 4) is 0 Å². The smallest absolute Gasteiger partial charge is 0.0354 e. The Hall–Kier alpha value is -0.340. The molecule has 1 aromatic heterocycles. The minimum atomic E-state index is 0.584. The Balaban J connectivity index is 2.03. The van der Waals surface area contributed by atoms with E-state index >= 15 is 0 Å². The molecule has 0 saturated heterocycles. The second-order valence-corrected chi connectivity index (χ2v) is 5.80. The van der Waals surface area contributed by atoms with Gasteiger partial charge in [0.05, 0.1) is 0 Å². The first-order chi connectivity index (χ1) is 7.85. The van der Waals surface area contributed by atoms with Crippen molar-refractivity contribution in [3.05, 3.63) is 22.4 Å². The topological polar surface area (TPSA) is 12.0 Å². The highest BCUT2D eigenvalue weighted by Gasteiger charge is 2.27. The highest BCUT2D eigenvalue weighted by Crippen LogP contribution is 2.38. The van der Waals surface area contributed by atoms with E-state index in [-0.39, 0.29) is 0 Å². The van der Waals surface area contributed by atoms with Crippen molar-refractivity contribution in [2.75, 3.05) is 7.05 Å². The van der Waals surface area contributed by atoms with Crippen LogP contribution in [0.25, 0.3) is 0 Å². The largest absolute Gasteiger partial charge is 0.313 e. The Morgan fingerprint density at radius 3 is 3.00 bits per heavy atom. The fourth-order valence-corrected chi connectivity index (χ4v) is 3.83. The van der Waals surface area contributed by atoms with Gasteiger partial charge in [0.1, 0.15) is 0 Å². The first-order valence-corrected chi connectivity index (χ1v) is 7.48. The average molecular weight is 237 g/mol. The van der Waals surface area contributed by atoms with Crippen LogP contribution in [0.4, 0.5) is 0 Å². The second kappa shape index (κ2) is 5.83. The van der Waals surface area contributed by atoms with E-state index < -0.39 is 0 Å². The lowest BCUT2D eigenvalue weighted by Gasteiger charge is -2.34. The van der Waals surface area contributed by atoms with E-state index in [1.165, 1.54) is 37.7 Å². The number of rotatable bonds is 4. The van der Waals surface area contributed by atoms with Gasteiger partial charge in [-0.15, -0.1) is 0 Å². The molecule has 0 aliphatic heterocycles. The van der Waals surface area contributed by atoms with Gasteiger partial charge in [0.15, 0.2) is 0 Å². The molecule has 16 heavy (non-hydrogen) atoms. The maximum absolute atomic E-state index is 3.53. The van der Waals surface area contributed by atoms with Gasteiger partial charge in [-0.2, -0.15) is 11.3 Å². The van der Waals surface area contributed by atoms with E-state index in [0.717, 1.165) is 11.8 Å². The van der Waals surface area contributed by atoms with Gasteiger partial charge in [-0.05, 0) is 54.1 Å². The first-order valence-electron chi connectivity index (χ1n) is 6.54. The molecule has 1 saturated carbocycles. The van der Waals surface area contributed by atoms with Gasteiger partial charge in [0.2, 0.25) is 0 Å². The summed E-state index contributed by atoms with van der Waals surface area (Å²) in [5.74, 6) is 1.81. The van der Waals surface area contributed by atoms with Gasteiger partial charge in [-0.3, -0.25) is 0 Å². The Morgan fingerprint density at radius 2 is 2.38 bits per heavy atom. The summed E-state index contributed by atoms with van der Waals surface area (Å²) in [7, 11) is 2.11. The summed E-state index contributed by atoms with van der Waals surface area (Å²) in [5, 5.41) is 8.02. The monoisotopic (exact) mass is 237 g/mol. The van der Waals surface area contributed by atoms with Crippen LogP contribution in [0, 0.1) is 11.8 Å². The lowest BCUT2D eigenvalue weighted by atomic mass is 9.75. The lowest BCUT2D eigenvalue weighted by molar-refractivity contribution is 0.215. The Bertz CT molecular complexity index is 294. The molecule has 3 atom stereocenters. The molecule has 1 aliphatic carbocycles. The Labute approximate surface area is 103 Å². The molecule has 0 aromatic carbocycles. The number of nitrogens with one attached hydrogen (secondary N) is 1. The van der Waals surface area contributed by atoms with Crippen molar-refractivity contribution in [2.24, 2.45) is 11.8 Å². The van der Waals surface area contributed by atoms with Crippen molar-refractivity contribution in [1.29, 1.82) is 0 Å². The third-order valence-electron chi connectivity index (χ3n) is 4.09. The molecule has 1 nitrogen and oxygen atoms in total.